The molecule has 2 heterocycles. The van der Waals surface area contributed by atoms with Crippen LogP contribution in [0.5, 0.6) is 0 Å². The van der Waals surface area contributed by atoms with Gasteiger partial charge in [0.1, 0.15) is 12.4 Å². The molecular weight excluding hydrogens is 408 g/mol. The Hall–Kier alpha value is -3.33. The maximum absolute atomic E-state index is 12.3. The first-order valence-electron chi connectivity index (χ1n) is 9.15. The van der Waals surface area contributed by atoms with E-state index in [0.717, 1.165) is 9.75 Å². The van der Waals surface area contributed by atoms with Crippen LogP contribution in [0.1, 0.15) is 49.1 Å². The van der Waals surface area contributed by atoms with Gasteiger partial charge >= 0.3 is 11.9 Å². The fourth-order valence-corrected chi connectivity index (χ4v) is 3.92. The van der Waals surface area contributed by atoms with E-state index >= 15 is 0 Å². The zero-order valence-corrected chi connectivity index (χ0v) is 17.6. The van der Waals surface area contributed by atoms with Gasteiger partial charge in [-0.25, -0.2) is 9.78 Å². The number of aryl methyl sites for hydroxylation is 2. The number of methoxy groups -OCH3 is 1. The minimum atomic E-state index is -0.570. The minimum Gasteiger partial charge on any atom is -0.465 e. The van der Waals surface area contributed by atoms with Crippen molar-refractivity contribution in [2.24, 2.45) is 0 Å². The van der Waals surface area contributed by atoms with Crippen molar-refractivity contribution in [1.29, 1.82) is 0 Å². The number of hydrogen-bond acceptors (Lipinski definition) is 8. The van der Waals surface area contributed by atoms with Crippen molar-refractivity contribution in [3.8, 4) is 0 Å². The molecule has 1 N–H and O–H groups in total. The number of esters is 2. The lowest BCUT2D eigenvalue weighted by molar-refractivity contribution is -0.145. The van der Waals surface area contributed by atoms with Crippen LogP contribution in [0.25, 0.3) is 10.9 Å². The summed E-state index contributed by atoms with van der Waals surface area (Å²) in [6.07, 6.45) is -0.0303. The maximum atomic E-state index is 12.3. The van der Waals surface area contributed by atoms with Gasteiger partial charge in [-0.3, -0.25) is 14.4 Å². The largest absolute Gasteiger partial charge is 0.465 e. The molecule has 3 aromatic rings. The number of ether oxygens (including phenoxy) is 2. The Morgan fingerprint density at radius 3 is 2.57 bits per heavy atom. The summed E-state index contributed by atoms with van der Waals surface area (Å²) < 4.78 is 9.80. The fourth-order valence-electron chi connectivity index (χ4n) is 2.98. The Kier molecular flexibility index (Phi) is 6.41. The average molecular weight is 428 g/mol. The Bertz CT molecular complexity index is 1190. The van der Waals surface area contributed by atoms with E-state index in [0.29, 0.717) is 10.9 Å². The van der Waals surface area contributed by atoms with Crippen molar-refractivity contribution < 1.29 is 23.9 Å². The molecule has 0 radical (unpaired) electrons. The molecule has 1 aromatic carbocycles. The first kappa shape index (κ1) is 21.4. The Morgan fingerprint density at radius 2 is 1.90 bits per heavy atom. The van der Waals surface area contributed by atoms with Crippen molar-refractivity contribution in [3.63, 3.8) is 0 Å². The van der Waals surface area contributed by atoms with Gasteiger partial charge in [-0.2, -0.15) is 0 Å². The summed E-state index contributed by atoms with van der Waals surface area (Å²) in [6, 6.07) is 6.20. The summed E-state index contributed by atoms with van der Waals surface area (Å²) in [5, 5.41) is 0.296. The second-order valence-corrected chi connectivity index (χ2v) is 8.11. The molecule has 156 valence electrons. The SMILES string of the molecule is COC(=O)c1ccc2c(=O)[nH]c(COC(=O)CCC(=O)c3cc(C)sc3C)nc2c1. The number of Topliss-reactive ketones (excluding diaryl/α,β-unsaturated/α-hetero) is 1. The van der Waals surface area contributed by atoms with Gasteiger partial charge in [0.25, 0.3) is 5.56 Å². The highest BCUT2D eigenvalue weighted by Gasteiger charge is 2.15. The number of fused-ring (bicyclic) bond motifs is 1. The minimum absolute atomic E-state index is 0.0417. The third-order valence-corrected chi connectivity index (χ3v) is 5.41. The first-order valence-corrected chi connectivity index (χ1v) is 9.97. The number of carbonyl (C=O) groups excluding carboxylic acids is 3. The predicted molar refractivity (Wildman–Crippen MR) is 111 cm³/mol. The summed E-state index contributed by atoms with van der Waals surface area (Å²) in [5.41, 5.74) is 0.753. The highest BCUT2D eigenvalue weighted by atomic mass is 32.1. The third kappa shape index (κ3) is 4.80. The van der Waals surface area contributed by atoms with Gasteiger partial charge in [0.05, 0.1) is 30.0 Å². The van der Waals surface area contributed by atoms with E-state index in [1.807, 2.05) is 19.9 Å². The predicted octanol–water partition coefficient (Wildman–Crippen LogP) is 3.09. The lowest BCUT2D eigenvalue weighted by Gasteiger charge is -2.06. The summed E-state index contributed by atoms with van der Waals surface area (Å²) in [4.78, 5) is 56.9. The molecule has 0 fully saturated rings. The molecule has 0 unspecified atom stereocenters. The van der Waals surface area contributed by atoms with Gasteiger partial charge in [-0.1, -0.05) is 0 Å². The Balaban J connectivity index is 1.63. The smallest absolute Gasteiger partial charge is 0.337 e. The van der Waals surface area contributed by atoms with Crippen molar-refractivity contribution in [2.75, 3.05) is 7.11 Å². The maximum Gasteiger partial charge on any atom is 0.337 e. The second-order valence-electron chi connectivity index (χ2n) is 6.65. The summed E-state index contributed by atoms with van der Waals surface area (Å²) >= 11 is 1.54. The van der Waals surface area contributed by atoms with Crippen LogP contribution < -0.4 is 5.56 Å². The average Bonchev–Trinajstić information content (AvgIpc) is 3.07. The zero-order valence-electron chi connectivity index (χ0n) is 16.7. The van der Waals surface area contributed by atoms with E-state index in [2.05, 4.69) is 14.7 Å². The molecule has 3 rings (SSSR count). The number of ketones is 1. The van der Waals surface area contributed by atoms with Crippen LogP contribution in [0, 0.1) is 13.8 Å². The highest BCUT2D eigenvalue weighted by Crippen LogP contribution is 2.22. The zero-order chi connectivity index (χ0) is 21.8. The molecule has 0 aliphatic carbocycles. The molecule has 0 amide bonds. The lowest BCUT2D eigenvalue weighted by atomic mass is 10.1. The number of nitrogens with zero attached hydrogens (tertiary/aromatic N) is 1. The number of carbonyl (C=O) groups is 3. The Morgan fingerprint density at radius 1 is 1.13 bits per heavy atom. The fraction of sp³-hybridized carbons (Fsp3) is 0.286. The van der Waals surface area contributed by atoms with Crippen molar-refractivity contribution in [1.82, 2.24) is 9.97 Å². The number of benzene rings is 1. The van der Waals surface area contributed by atoms with Gasteiger partial charge in [0, 0.05) is 21.7 Å². The highest BCUT2D eigenvalue weighted by molar-refractivity contribution is 7.12. The second kappa shape index (κ2) is 9.00. The molecular formula is C21H20N2O6S. The van der Waals surface area contributed by atoms with E-state index in [4.69, 9.17) is 4.74 Å². The van der Waals surface area contributed by atoms with Gasteiger partial charge in [0.2, 0.25) is 0 Å². The van der Waals surface area contributed by atoms with Crippen LogP contribution in [0.3, 0.4) is 0 Å². The molecule has 0 saturated heterocycles. The molecule has 30 heavy (non-hydrogen) atoms. The van der Waals surface area contributed by atoms with Gasteiger partial charge < -0.3 is 14.5 Å². The first-order chi connectivity index (χ1) is 14.3. The van der Waals surface area contributed by atoms with Gasteiger partial charge in [-0.15, -0.1) is 11.3 Å². The molecule has 0 spiro atoms. The monoisotopic (exact) mass is 428 g/mol. The molecule has 9 heteroatoms. The number of thiophene rings is 1. The quantitative estimate of drug-likeness (QED) is 0.454. The number of hydrogen-bond donors (Lipinski definition) is 1. The molecule has 8 nitrogen and oxygen atoms in total. The standard InChI is InChI=1S/C21H20N2O6S/c1-11-8-15(12(2)30-11)17(24)6-7-19(25)29-10-18-22-16-9-13(21(27)28-3)4-5-14(16)20(26)23-18/h4-5,8-9H,6-7,10H2,1-3H3,(H,22,23,26). The molecule has 0 atom stereocenters. The Labute approximate surface area is 175 Å². The van der Waals surface area contributed by atoms with Crippen molar-refractivity contribution in [2.45, 2.75) is 33.3 Å². The number of nitrogens with one attached hydrogen (secondary N) is 1. The van der Waals surface area contributed by atoms with Crippen LogP contribution in [-0.4, -0.2) is 34.8 Å². The number of aromatic nitrogens is 2. The summed E-state index contributed by atoms with van der Waals surface area (Å²) in [5.74, 6) is -1.09. The van der Waals surface area contributed by atoms with Crippen LogP contribution in [-0.2, 0) is 20.9 Å². The van der Waals surface area contributed by atoms with Crippen LogP contribution in [0.4, 0.5) is 0 Å². The van der Waals surface area contributed by atoms with Crippen LogP contribution >= 0.6 is 11.3 Å². The van der Waals surface area contributed by atoms with Crippen molar-refractivity contribution in [3.05, 3.63) is 61.3 Å². The van der Waals surface area contributed by atoms with E-state index in [1.165, 1.54) is 36.6 Å². The number of H-pyrrole nitrogens is 1. The third-order valence-electron chi connectivity index (χ3n) is 4.44. The molecule has 2 aromatic heterocycles. The number of aromatic amines is 1. The van der Waals surface area contributed by atoms with Crippen LogP contribution in [0.2, 0.25) is 0 Å². The number of rotatable bonds is 7. The van der Waals surface area contributed by atoms with E-state index < -0.39 is 17.5 Å². The van der Waals surface area contributed by atoms with E-state index in [9.17, 15) is 19.2 Å². The van der Waals surface area contributed by atoms with Crippen molar-refractivity contribution >= 4 is 40.0 Å². The molecule has 0 bridgehead atoms. The van der Waals surface area contributed by atoms with E-state index in [1.54, 1.807) is 0 Å². The van der Waals surface area contributed by atoms with E-state index in [-0.39, 0.29) is 42.1 Å². The summed E-state index contributed by atoms with van der Waals surface area (Å²) in [7, 11) is 1.26. The normalized spacial score (nSPS) is 10.8. The van der Waals surface area contributed by atoms with Gasteiger partial charge in [0.15, 0.2) is 5.78 Å². The topological polar surface area (TPSA) is 115 Å². The molecule has 0 aliphatic rings. The van der Waals surface area contributed by atoms with Gasteiger partial charge in [-0.05, 0) is 38.1 Å². The van der Waals surface area contributed by atoms with Crippen LogP contribution in [0.15, 0.2) is 29.1 Å². The lowest BCUT2D eigenvalue weighted by Crippen LogP contribution is -2.15. The summed E-state index contributed by atoms with van der Waals surface area (Å²) in [6.45, 7) is 3.54. The molecule has 0 aliphatic heterocycles. The molecule has 0 saturated carbocycles.